The largest absolute Gasteiger partial charge is 0.467 e. The molecular weight excluding hydrogens is 400 g/mol. The summed E-state index contributed by atoms with van der Waals surface area (Å²) in [7, 11) is 0. The molecule has 4 rings (SSSR count). The number of aromatic nitrogens is 1. The lowest BCUT2D eigenvalue weighted by atomic mass is 10.1. The van der Waals surface area contributed by atoms with Gasteiger partial charge in [-0.3, -0.25) is 4.79 Å². The van der Waals surface area contributed by atoms with Gasteiger partial charge in [-0.05, 0) is 43.4 Å². The zero-order valence-electron chi connectivity index (χ0n) is 16.7. The Morgan fingerprint density at radius 3 is 2.69 bits per heavy atom. The fraction of sp³-hybridized carbons (Fsp3) is 0.391. The summed E-state index contributed by atoms with van der Waals surface area (Å²) < 4.78 is 7.24. The van der Waals surface area contributed by atoms with Gasteiger partial charge in [0.25, 0.3) is 5.19 Å². The Bertz CT molecular complexity index is 914. The summed E-state index contributed by atoms with van der Waals surface area (Å²) in [5, 5.41) is 0.740. The van der Waals surface area contributed by atoms with Crippen molar-refractivity contribution in [3.8, 4) is 5.19 Å². The van der Waals surface area contributed by atoms with Crippen LogP contribution in [-0.2, 0) is 4.79 Å². The van der Waals surface area contributed by atoms with Gasteiger partial charge in [0.15, 0.2) is 0 Å². The molecule has 0 radical (unpaired) electrons. The summed E-state index contributed by atoms with van der Waals surface area (Å²) in [4.78, 5) is 20.3. The third-order valence-electron chi connectivity index (χ3n) is 5.16. The molecule has 0 atom stereocenters. The van der Waals surface area contributed by atoms with Crippen LogP contribution < -0.4 is 4.74 Å². The summed E-state index contributed by atoms with van der Waals surface area (Å²) in [5.74, 6) is 1.25. The average Bonchev–Trinajstić information content (AvgIpc) is 3.15. The van der Waals surface area contributed by atoms with Gasteiger partial charge in [0.1, 0.15) is 6.10 Å². The fourth-order valence-electron chi connectivity index (χ4n) is 3.47. The Labute approximate surface area is 180 Å². The second-order valence-corrected chi connectivity index (χ2v) is 9.57. The maximum Gasteiger partial charge on any atom is 0.274 e. The number of hydrogen-bond donors (Lipinski definition) is 0. The number of carbonyl (C=O) groups is 1. The third kappa shape index (κ3) is 5.52. The molecule has 29 heavy (non-hydrogen) atoms. The Hall–Kier alpha value is -2.05. The van der Waals surface area contributed by atoms with Gasteiger partial charge in [-0.15, -0.1) is 11.8 Å². The SMILES string of the molecule is Cc1ccc(SCCCC(=O)N2CCC(Oc3nc4ccccc4s3)CC2)cc1. The smallest absolute Gasteiger partial charge is 0.274 e. The number of piperidine rings is 1. The summed E-state index contributed by atoms with van der Waals surface area (Å²) in [5.41, 5.74) is 2.27. The number of nitrogens with zero attached hydrogens (tertiary/aromatic N) is 2. The standard InChI is InChI=1S/C23H26N2O2S2/c1-17-8-10-19(11-9-17)28-16-4-7-22(26)25-14-12-18(13-15-25)27-23-24-20-5-2-3-6-21(20)29-23/h2-3,5-6,8-11,18H,4,7,12-16H2,1H3. The van der Waals surface area contributed by atoms with Crippen molar-refractivity contribution in [2.24, 2.45) is 0 Å². The monoisotopic (exact) mass is 426 g/mol. The Morgan fingerprint density at radius 1 is 1.17 bits per heavy atom. The summed E-state index contributed by atoms with van der Waals surface area (Å²) in [6, 6.07) is 16.7. The molecule has 3 aromatic rings. The molecule has 2 aromatic carbocycles. The van der Waals surface area contributed by atoms with Crippen LogP contribution in [-0.4, -0.2) is 40.7 Å². The van der Waals surface area contributed by atoms with E-state index in [1.54, 1.807) is 11.3 Å². The maximum absolute atomic E-state index is 12.5. The number of carbonyl (C=O) groups excluding carboxylic acids is 1. The van der Waals surface area contributed by atoms with Crippen LogP contribution in [0, 0.1) is 6.92 Å². The Balaban J connectivity index is 1.17. The topological polar surface area (TPSA) is 42.4 Å². The van der Waals surface area contributed by atoms with E-state index in [1.165, 1.54) is 10.5 Å². The lowest BCUT2D eigenvalue weighted by Gasteiger charge is -2.31. The van der Waals surface area contributed by atoms with Crippen molar-refractivity contribution in [3.63, 3.8) is 0 Å². The van der Waals surface area contributed by atoms with E-state index in [9.17, 15) is 4.79 Å². The van der Waals surface area contributed by atoms with Crippen molar-refractivity contribution in [1.82, 2.24) is 9.88 Å². The highest BCUT2D eigenvalue weighted by Crippen LogP contribution is 2.29. The van der Waals surface area contributed by atoms with E-state index in [1.807, 2.05) is 34.9 Å². The van der Waals surface area contributed by atoms with E-state index in [0.29, 0.717) is 6.42 Å². The van der Waals surface area contributed by atoms with E-state index in [0.717, 1.165) is 53.5 Å². The summed E-state index contributed by atoms with van der Waals surface area (Å²) in [6.45, 7) is 3.65. The normalized spacial score (nSPS) is 15.0. The second kappa shape index (κ2) is 9.63. The molecule has 1 fully saturated rings. The molecule has 0 unspecified atom stereocenters. The minimum atomic E-state index is 0.150. The summed E-state index contributed by atoms with van der Waals surface area (Å²) in [6.07, 6.45) is 3.44. The maximum atomic E-state index is 12.5. The van der Waals surface area contributed by atoms with Crippen LogP contribution in [0.15, 0.2) is 53.4 Å². The van der Waals surface area contributed by atoms with E-state index < -0.39 is 0 Å². The number of para-hydroxylation sites is 1. The predicted octanol–water partition coefficient (Wildman–Crippen LogP) is 5.55. The lowest BCUT2D eigenvalue weighted by molar-refractivity contribution is -0.133. The number of thioether (sulfide) groups is 1. The molecule has 1 aliphatic rings. The zero-order chi connectivity index (χ0) is 20.1. The number of likely N-dealkylation sites (tertiary alicyclic amines) is 1. The first-order chi connectivity index (χ1) is 14.2. The molecule has 0 saturated carbocycles. The molecule has 4 nitrogen and oxygen atoms in total. The first-order valence-electron chi connectivity index (χ1n) is 10.2. The fourth-order valence-corrected chi connectivity index (χ4v) is 5.21. The minimum Gasteiger partial charge on any atom is -0.467 e. The number of rotatable bonds is 7. The van der Waals surface area contributed by atoms with Crippen LogP contribution in [0.2, 0.25) is 0 Å². The van der Waals surface area contributed by atoms with Gasteiger partial charge >= 0.3 is 0 Å². The van der Waals surface area contributed by atoms with Gasteiger partial charge in [-0.1, -0.05) is 41.2 Å². The van der Waals surface area contributed by atoms with Gasteiger partial charge in [-0.2, -0.15) is 0 Å². The van der Waals surface area contributed by atoms with Crippen molar-refractivity contribution in [3.05, 3.63) is 54.1 Å². The molecule has 2 heterocycles. The number of ether oxygens (including phenoxy) is 1. The number of benzene rings is 2. The van der Waals surface area contributed by atoms with Gasteiger partial charge < -0.3 is 9.64 Å². The van der Waals surface area contributed by atoms with E-state index >= 15 is 0 Å². The first kappa shape index (κ1) is 20.2. The predicted molar refractivity (Wildman–Crippen MR) is 121 cm³/mol. The van der Waals surface area contributed by atoms with Gasteiger partial charge in [0, 0.05) is 37.2 Å². The highest BCUT2D eigenvalue weighted by atomic mass is 32.2. The Kier molecular flexibility index (Phi) is 6.72. The number of hydrogen-bond acceptors (Lipinski definition) is 5. The van der Waals surface area contributed by atoms with Crippen LogP contribution in [0.4, 0.5) is 0 Å². The number of thiazole rings is 1. The van der Waals surface area contributed by atoms with Crippen LogP contribution in [0.1, 0.15) is 31.2 Å². The van der Waals surface area contributed by atoms with Gasteiger partial charge in [-0.25, -0.2) is 4.98 Å². The van der Waals surface area contributed by atoms with Gasteiger partial charge in [0.05, 0.1) is 10.2 Å². The minimum absolute atomic E-state index is 0.150. The number of amides is 1. The van der Waals surface area contributed by atoms with E-state index in [2.05, 4.69) is 42.2 Å². The van der Waals surface area contributed by atoms with Crippen molar-refractivity contribution in [2.45, 2.75) is 43.6 Å². The highest BCUT2D eigenvalue weighted by molar-refractivity contribution is 7.99. The average molecular weight is 427 g/mol. The van der Waals surface area contributed by atoms with E-state index in [4.69, 9.17) is 4.74 Å². The molecular formula is C23H26N2O2S2. The molecule has 1 aromatic heterocycles. The Morgan fingerprint density at radius 2 is 1.93 bits per heavy atom. The molecule has 1 saturated heterocycles. The number of fused-ring (bicyclic) bond motifs is 1. The van der Waals surface area contributed by atoms with Gasteiger partial charge in [0.2, 0.25) is 5.91 Å². The van der Waals surface area contributed by atoms with E-state index in [-0.39, 0.29) is 12.0 Å². The molecule has 1 aliphatic heterocycles. The van der Waals surface area contributed by atoms with Crippen molar-refractivity contribution in [1.29, 1.82) is 0 Å². The molecule has 0 N–H and O–H groups in total. The zero-order valence-corrected chi connectivity index (χ0v) is 18.3. The lowest BCUT2D eigenvalue weighted by Crippen LogP contribution is -2.41. The van der Waals surface area contributed by atoms with Crippen LogP contribution in [0.25, 0.3) is 10.2 Å². The van der Waals surface area contributed by atoms with Crippen molar-refractivity contribution < 1.29 is 9.53 Å². The molecule has 1 amide bonds. The second-order valence-electron chi connectivity index (χ2n) is 7.41. The third-order valence-corrected chi connectivity index (χ3v) is 7.19. The first-order valence-corrected chi connectivity index (χ1v) is 12.0. The van der Waals surface area contributed by atoms with Crippen LogP contribution in [0.5, 0.6) is 5.19 Å². The molecule has 152 valence electrons. The molecule has 6 heteroatoms. The summed E-state index contributed by atoms with van der Waals surface area (Å²) >= 11 is 3.42. The highest BCUT2D eigenvalue weighted by Gasteiger charge is 2.24. The van der Waals surface area contributed by atoms with Crippen LogP contribution in [0.3, 0.4) is 0 Å². The van der Waals surface area contributed by atoms with Crippen LogP contribution >= 0.6 is 23.1 Å². The molecule has 0 aliphatic carbocycles. The van der Waals surface area contributed by atoms with Crippen molar-refractivity contribution >= 4 is 39.2 Å². The van der Waals surface area contributed by atoms with Crippen molar-refractivity contribution in [2.75, 3.05) is 18.8 Å². The quantitative estimate of drug-likeness (QED) is 0.367. The number of aryl methyl sites for hydroxylation is 1. The molecule has 0 spiro atoms. The molecule has 0 bridgehead atoms.